The summed E-state index contributed by atoms with van der Waals surface area (Å²) < 4.78 is 0. The van der Waals surface area contributed by atoms with Crippen molar-refractivity contribution in [2.45, 2.75) is 51.6 Å². The number of hydrogen-bond acceptors (Lipinski definition) is 4. The molecule has 0 aliphatic heterocycles. The van der Waals surface area contributed by atoms with Crippen LogP contribution in [-0.4, -0.2) is 59.5 Å². The fourth-order valence-corrected chi connectivity index (χ4v) is 3.58. The first kappa shape index (κ1) is 20.3. The van der Waals surface area contributed by atoms with Gasteiger partial charge in [0.1, 0.15) is 0 Å². The Morgan fingerprint density at radius 2 is 1.86 bits per heavy atom. The number of amides is 2. The second kappa shape index (κ2) is 8.73. The van der Waals surface area contributed by atoms with Crippen LogP contribution >= 0.6 is 0 Å². The topological polar surface area (TPSA) is 98.7 Å². The fraction of sp³-hybridized carbons (Fsp3) is 0.571. The molecule has 1 aromatic rings. The monoisotopic (exact) mass is 387 g/mol. The lowest BCUT2D eigenvalue weighted by Crippen LogP contribution is -2.56. The number of nitrogens with zero attached hydrogens (tertiary/aromatic N) is 1. The highest BCUT2D eigenvalue weighted by molar-refractivity contribution is 5.96. The number of carboxylic acid groups (broad SMARTS) is 1. The van der Waals surface area contributed by atoms with Gasteiger partial charge in [0.15, 0.2) is 0 Å². The van der Waals surface area contributed by atoms with E-state index in [0.717, 1.165) is 30.5 Å². The van der Waals surface area contributed by atoms with Crippen LogP contribution in [-0.2, 0) is 9.59 Å². The van der Waals surface area contributed by atoms with E-state index < -0.39 is 5.97 Å². The van der Waals surface area contributed by atoms with E-state index >= 15 is 0 Å². The predicted octanol–water partition coefficient (Wildman–Crippen LogP) is 1.48. The van der Waals surface area contributed by atoms with Crippen molar-refractivity contribution in [1.29, 1.82) is 0 Å². The maximum atomic E-state index is 12.2. The molecular weight excluding hydrogens is 358 g/mol. The minimum atomic E-state index is -0.804. The van der Waals surface area contributed by atoms with Crippen LogP contribution in [0.15, 0.2) is 18.2 Å². The number of carbonyl (C=O) groups is 3. The van der Waals surface area contributed by atoms with Crippen LogP contribution in [0.3, 0.4) is 0 Å². The third-order valence-corrected chi connectivity index (χ3v) is 5.70. The number of hydrogen-bond donors (Lipinski definition) is 3. The van der Waals surface area contributed by atoms with Crippen molar-refractivity contribution < 1.29 is 19.5 Å². The zero-order valence-corrected chi connectivity index (χ0v) is 16.5. The molecule has 152 valence electrons. The summed E-state index contributed by atoms with van der Waals surface area (Å²) >= 11 is 0. The largest absolute Gasteiger partial charge is 0.480 e. The molecule has 0 unspecified atom stereocenters. The molecule has 2 aliphatic carbocycles. The molecule has 0 radical (unpaired) electrons. The van der Waals surface area contributed by atoms with Gasteiger partial charge in [-0.05, 0) is 68.7 Å². The minimum absolute atomic E-state index is 0.0477. The van der Waals surface area contributed by atoms with Crippen molar-refractivity contribution in [3.8, 4) is 0 Å². The highest BCUT2D eigenvalue weighted by Gasteiger charge is 2.37. The molecule has 28 heavy (non-hydrogen) atoms. The first-order valence-electron chi connectivity index (χ1n) is 9.92. The van der Waals surface area contributed by atoms with Crippen LogP contribution in [0.4, 0.5) is 0 Å². The summed E-state index contributed by atoms with van der Waals surface area (Å²) in [6.07, 6.45) is 3.89. The predicted molar refractivity (Wildman–Crippen MR) is 105 cm³/mol. The molecule has 0 atom stereocenters. The third-order valence-electron chi connectivity index (χ3n) is 5.70. The van der Waals surface area contributed by atoms with Crippen LogP contribution in [0.25, 0.3) is 0 Å². The first-order chi connectivity index (χ1) is 13.3. The Kier molecular flexibility index (Phi) is 6.34. The molecule has 2 amide bonds. The lowest BCUT2D eigenvalue weighted by atomic mass is 9.85. The first-order valence-corrected chi connectivity index (χ1v) is 9.92. The molecule has 0 aromatic heterocycles. The van der Waals surface area contributed by atoms with E-state index in [4.69, 9.17) is 5.11 Å². The van der Waals surface area contributed by atoms with Gasteiger partial charge in [-0.2, -0.15) is 0 Å². The Morgan fingerprint density at radius 3 is 2.46 bits per heavy atom. The average Bonchev–Trinajstić information content (AvgIpc) is 3.41. The van der Waals surface area contributed by atoms with Gasteiger partial charge in [-0.1, -0.05) is 6.07 Å². The molecule has 0 saturated heterocycles. The quantitative estimate of drug-likeness (QED) is 0.596. The van der Waals surface area contributed by atoms with Gasteiger partial charge < -0.3 is 15.7 Å². The van der Waals surface area contributed by atoms with E-state index in [1.165, 1.54) is 12.8 Å². The van der Waals surface area contributed by atoms with Crippen molar-refractivity contribution >= 4 is 17.8 Å². The van der Waals surface area contributed by atoms with Gasteiger partial charge in [-0.3, -0.25) is 19.3 Å². The number of carbonyl (C=O) groups excluding carboxylic acids is 2. The summed E-state index contributed by atoms with van der Waals surface area (Å²) in [5.74, 6) is -0.648. The van der Waals surface area contributed by atoms with Gasteiger partial charge in [0.05, 0.1) is 13.1 Å². The summed E-state index contributed by atoms with van der Waals surface area (Å²) in [7, 11) is 0. The van der Waals surface area contributed by atoms with Crippen molar-refractivity contribution in [2.75, 3.05) is 19.6 Å². The summed E-state index contributed by atoms with van der Waals surface area (Å²) in [6, 6.07) is 5.72. The number of benzene rings is 1. The number of carboxylic acids is 1. The SMILES string of the molecule is Cc1ccc(C(=O)NCC(=O)NC2CC(N(CC(=O)O)CC3CC3)C2)cc1C. The molecular formula is C21H29N3O4. The Bertz CT molecular complexity index is 754. The molecule has 0 bridgehead atoms. The van der Waals surface area contributed by atoms with E-state index in [2.05, 4.69) is 10.6 Å². The maximum Gasteiger partial charge on any atom is 0.317 e. The highest BCUT2D eigenvalue weighted by Crippen LogP contribution is 2.33. The molecule has 3 N–H and O–H groups in total. The number of nitrogens with one attached hydrogen (secondary N) is 2. The van der Waals surface area contributed by atoms with Crippen molar-refractivity contribution in [1.82, 2.24) is 15.5 Å². The zero-order valence-electron chi connectivity index (χ0n) is 16.5. The highest BCUT2D eigenvalue weighted by atomic mass is 16.4. The summed E-state index contributed by atoms with van der Waals surface area (Å²) in [6.45, 7) is 4.77. The van der Waals surface area contributed by atoms with E-state index in [-0.39, 0.29) is 37.0 Å². The second-order valence-corrected chi connectivity index (χ2v) is 8.14. The molecule has 0 heterocycles. The van der Waals surface area contributed by atoms with Crippen LogP contribution in [0.2, 0.25) is 0 Å². The average molecular weight is 387 g/mol. The Morgan fingerprint density at radius 1 is 1.14 bits per heavy atom. The number of aliphatic carboxylic acids is 1. The third kappa shape index (κ3) is 5.55. The van der Waals surface area contributed by atoms with Crippen molar-refractivity contribution in [3.63, 3.8) is 0 Å². The van der Waals surface area contributed by atoms with Crippen LogP contribution in [0, 0.1) is 19.8 Å². The molecule has 2 saturated carbocycles. The van der Waals surface area contributed by atoms with Gasteiger partial charge >= 0.3 is 5.97 Å². The molecule has 1 aromatic carbocycles. The van der Waals surface area contributed by atoms with Crippen molar-refractivity contribution in [3.05, 3.63) is 34.9 Å². The van der Waals surface area contributed by atoms with Crippen LogP contribution in [0.1, 0.15) is 47.2 Å². The Hall–Kier alpha value is -2.41. The smallest absolute Gasteiger partial charge is 0.317 e. The number of aryl methyl sites for hydroxylation is 2. The van der Waals surface area contributed by atoms with Gasteiger partial charge in [0, 0.05) is 24.2 Å². The van der Waals surface area contributed by atoms with Gasteiger partial charge in [0.2, 0.25) is 5.91 Å². The number of rotatable bonds is 9. The maximum absolute atomic E-state index is 12.2. The molecule has 7 heteroatoms. The van der Waals surface area contributed by atoms with E-state index in [0.29, 0.717) is 11.5 Å². The van der Waals surface area contributed by atoms with Gasteiger partial charge in [-0.25, -0.2) is 0 Å². The molecule has 2 fully saturated rings. The summed E-state index contributed by atoms with van der Waals surface area (Å²) in [5, 5.41) is 14.7. The normalized spacial score (nSPS) is 21.1. The lowest BCUT2D eigenvalue weighted by molar-refractivity contribution is -0.140. The summed E-state index contributed by atoms with van der Waals surface area (Å²) in [5.41, 5.74) is 2.70. The molecule has 0 spiro atoms. The lowest BCUT2D eigenvalue weighted by Gasteiger charge is -2.42. The van der Waals surface area contributed by atoms with Gasteiger partial charge in [-0.15, -0.1) is 0 Å². The molecule has 3 rings (SSSR count). The molecule has 2 aliphatic rings. The molecule has 7 nitrogen and oxygen atoms in total. The minimum Gasteiger partial charge on any atom is -0.480 e. The van der Waals surface area contributed by atoms with Gasteiger partial charge in [0.25, 0.3) is 5.91 Å². The van der Waals surface area contributed by atoms with Crippen molar-refractivity contribution in [2.24, 2.45) is 5.92 Å². The van der Waals surface area contributed by atoms with Crippen LogP contribution in [0.5, 0.6) is 0 Å². The summed E-state index contributed by atoms with van der Waals surface area (Å²) in [4.78, 5) is 37.4. The van der Waals surface area contributed by atoms with Crippen LogP contribution < -0.4 is 10.6 Å². The van der Waals surface area contributed by atoms with E-state index in [9.17, 15) is 14.4 Å². The van der Waals surface area contributed by atoms with E-state index in [1.807, 2.05) is 30.9 Å². The zero-order chi connectivity index (χ0) is 20.3. The second-order valence-electron chi connectivity index (χ2n) is 8.14. The van der Waals surface area contributed by atoms with E-state index in [1.54, 1.807) is 6.07 Å². The standard InChI is InChI=1S/C21H29N3O4/c1-13-3-6-16(7-14(13)2)21(28)22-10-19(25)23-17-8-18(9-17)24(12-20(26)27)11-15-4-5-15/h3,6-7,15,17-18H,4-5,8-12H2,1-2H3,(H,22,28)(H,23,25)(H,26,27). The fourth-order valence-electron chi connectivity index (χ4n) is 3.58. The Labute approximate surface area is 165 Å². The Balaban J connectivity index is 1.39.